The van der Waals surface area contributed by atoms with E-state index in [9.17, 15) is 9.59 Å². The van der Waals surface area contributed by atoms with E-state index in [-0.39, 0.29) is 29.6 Å². The van der Waals surface area contributed by atoms with E-state index in [0.717, 1.165) is 31.4 Å². The van der Waals surface area contributed by atoms with E-state index in [1.807, 2.05) is 23.1 Å². The number of carbonyl (C=O) groups excluding carboxylic acids is 2. The second-order valence-corrected chi connectivity index (χ2v) is 8.17. The zero-order valence-electron chi connectivity index (χ0n) is 16.8. The summed E-state index contributed by atoms with van der Waals surface area (Å²) in [6.07, 6.45) is 6.80. The number of benzene rings is 1. The van der Waals surface area contributed by atoms with Crippen LogP contribution in [0.1, 0.15) is 65.1 Å². The van der Waals surface area contributed by atoms with Gasteiger partial charge in [0.25, 0.3) is 5.91 Å². The quantitative estimate of drug-likeness (QED) is 0.605. The summed E-state index contributed by atoms with van der Waals surface area (Å²) in [5, 5.41) is 12.5. The Balaban J connectivity index is 1.38. The van der Waals surface area contributed by atoms with Gasteiger partial charge in [0, 0.05) is 30.5 Å². The van der Waals surface area contributed by atoms with Crippen LogP contribution in [0, 0.1) is 5.92 Å². The minimum atomic E-state index is -0.0575. The van der Waals surface area contributed by atoms with Crippen LogP contribution in [0.15, 0.2) is 47.2 Å². The Morgan fingerprint density at radius 1 is 1.07 bits per heavy atom. The number of rotatable bonds is 5. The van der Waals surface area contributed by atoms with Crippen molar-refractivity contribution < 1.29 is 14.1 Å². The predicted molar refractivity (Wildman–Crippen MR) is 107 cm³/mol. The molecule has 2 atom stereocenters. The smallest absolute Gasteiger partial charge is 0.256 e. The van der Waals surface area contributed by atoms with Crippen molar-refractivity contribution in [1.82, 2.24) is 25.1 Å². The molecule has 1 saturated heterocycles. The van der Waals surface area contributed by atoms with Crippen molar-refractivity contribution in [3.8, 4) is 5.69 Å². The third kappa shape index (κ3) is 3.42. The summed E-state index contributed by atoms with van der Waals surface area (Å²) in [7, 11) is 0. The molecule has 5 rings (SSSR count). The van der Waals surface area contributed by atoms with Gasteiger partial charge in [0.05, 0.1) is 29.3 Å². The Morgan fingerprint density at radius 3 is 2.60 bits per heavy atom. The number of ketones is 1. The van der Waals surface area contributed by atoms with E-state index in [0.29, 0.717) is 23.6 Å². The number of amides is 1. The Bertz CT molecular complexity index is 1070. The molecule has 2 aliphatic rings. The second kappa shape index (κ2) is 7.51. The number of likely N-dealkylation sites (tertiary alicyclic amines) is 1. The van der Waals surface area contributed by atoms with Crippen LogP contribution in [0.2, 0.25) is 0 Å². The molecule has 0 spiro atoms. The number of aromatic nitrogens is 4. The van der Waals surface area contributed by atoms with Crippen molar-refractivity contribution in [3.63, 3.8) is 0 Å². The van der Waals surface area contributed by atoms with Crippen LogP contribution < -0.4 is 0 Å². The van der Waals surface area contributed by atoms with E-state index >= 15 is 0 Å². The fraction of sp³-hybridized carbons (Fsp3) is 0.409. The molecular weight excluding hydrogens is 382 g/mol. The summed E-state index contributed by atoms with van der Waals surface area (Å²) in [4.78, 5) is 29.1. The van der Waals surface area contributed by atoms with Crippen molar-refractivity contribution in [1.29, 1.82) is 0 Å². The topological polar surface area (TPSA) is 94.1 Å². The van der Waals surface area contributed by atoms with Crippen LogP contribution in [0.3, 0.4) is 0 Å². The van der Waals surface area contributed by atoms with E-state index in [2.05, 4.69) is 22.3 Å². The molecule has 0 unspecified atom stereocenters. The number of Topliss-reactive ketones (excluding diaryl/α,β-unsaturated/α-hetero) is 1. The minimum absolute atomic E-state index is 0.0460. The molecule has 30 heavy (non-hydrogen) atoms. The first kappa shape index (κ1) is 18.7. The van der Waals surface area contributed by atoms with E-state index in [1.165, 1.54) is 4.80 Å². The Labute approximate surface area is 173 Å². The minimum Gasteiger partial charge on any atom is -0.353 e. The SMILES string of the molecule is C[C@@H]1CC[C@@H](c2cc(C(=O)C3CC3)on2)CN1C(=O)c1ccccc1-n1nccn1. The zero-order valence-corrected chi connectivity index (χ0v) is 16.8. The number of hydrogen-bond acceptors (Lipinski definition) is 6. The number of piperidine rings is 1. The maximum absolute atomic E-state index is 13.5. The highest BCUT2D eigenvalue weighted by molar-refractivity contribution is 5.98. The molecule has 8 heteroatoms. The fourth-order valence-electron chi connectivity index (χ4n) is 4.10. The van der Waals surface area contributed by atoms with Crippen molar-refractivity contribution in [2.45, 2.75) is 44.6 Å². The summed E-state index contributed by atoms with van der Waals surface area (Å²) in [5.74, 6) is 0.482. The van der Waals surface area contributed by atoms with Crippen LogP contribution in [0.25, 0.3) is 5.69 Å². The Morgan fingerprint density at radius 2 is 1.83 bits per heavy atom. The number of hydrogen-bond donors (Lipinski definition) is 0. The van der Waals surface area contributed by atoms with Crippen molar-refractivity contribution in [2.75, 3.05) is 6.54 Å². The molecule has 8 nitrogen and oxygen atoms in total. The molecule has 1 aromatic carbocycles. The Kier molecular flexibility index (Phi) is 4.69. The highest BCUT2D eigenvalue weighted by atomic mass is 16.5. The molecule has 0 N–H and O–H groups in total. The molecule has 1 saturated carbocycles. The van der Waals surface area contributed by atoms with Gasteiger partial charge in [0.2, 0.25) is 11.5 Å². The predicted octanol–water partition coefficient (Wildman–Crippen LogP) is 3.26. The first-order chi connectivity index (χ1) is 14.6. The monoisotopic (exact) mass is 405 g/mol. The summed E-state index contributed by atoms with van der Waals surface area (Å²) < 4.78 is 5.33. The molecule has 0 radical (unpaired) electrons. The molecule has 2 fully saturated rings. The second-order valence-electron chi connectivity index (χ2n) is 8.17. The van der Waals surface area contributed by atoms with Gasteiger partial charge in [-0.25, -0.2) is 0 Å². The van der Waals surface area contributed by atoms with E-state index in [4.69, 9.17) is 4.52 Å². The molecule has 1 aliphatic carbocycles. The summed E-state index contributed by atoms with van der Waals surface area (Å²) in [6.45, 7) is 2.60. The summed E-state index contributed by atoms with van der Waals surface area (Å²) in [6, 6.07) is 9.23. The average Bonchev–Trinajstić information content (AvgIpc) is 3.26. The number of para-hydroxylation sites is 1. The molecule has 2 aromatic heterocycles. The van der Waals surface area contributed by atoms with Crippen LogP contribution in [0.5, 0.6) is 0 Å². The van der Waals surface area contributed by atoms with Crippen LogP contribution in [-0.4, -0.2) is 49.3 Å². The number of carbonyl (C=O) groups is 2. The maximum Gasteiger partial charge on any atom is 0.256 e. The van der Waals surface area contributed by atoms with Gasteiger partial charge in [0.1, 0.15) is 0 Å². The van der Waals surface area contributed by atoms with E-state index in [1.54, 1.807) is 24.5 Å². The first-order valence-corrected chi connectivity index (χ1v) is 10.4. The van der Waals surface area contributed by atoms with Gasteiger partial charge in [-0.2, -0.15) is 15.0 Å². The molecule has 1 aliphatic heterocycles. The molecule has 3 heterocycles. The lowest BCUT2D eigenvalue weighted by Gasteiger charge is -2.37. The molecule has 1 amide bonds. The van der Waals surface area contributed by atoms with E-state index < -0.39 is 0 Å². The first-order valence-electron chi connectivity index (χ1n) is 10.4. The summed E-state index contributed by atoms with van der Waals surface area (Å²) >= 11 is 0. The van der Waals surface area contributed by atoms with Gasteiger partial charge >= 0.3 is 0 Å². The van der Waals surface area contributed by atoms with Crippen LogP contribution in [0.4, 0.5) is 0 Å². The molecule has 154 valence electrons. The van der Waals surface area contributed by atoms with Crippen molar-refractivity contribution >= 4 is 11.7 Å². The standard InChI is InChI=1S/C22H23N5O3/c1-14-6-7-16(18-12-20(30-25-18)21(28)15-8-9-15)13-26(14)22(29)17-4-2-3-5-19(17)27-23-10-11-24-27/h2-5,10-12,14-16H,6-9,13H2,1H3/t14-,16-/m1/s1. The molecule has 3 aromatic rings. The lowest BCUT2D eigenvalue weighted by Crippen LogP contribution is -2.45. The largest absolute Gasteiger partial charge is 0.353 e. The van der Waals surface area contributed by atoms with Crippen LogP contribution in [-0.2, 0) is 0 Å². The number of nitrogens with zero attached hydrogens (tertiary/aromatic N) is 5. The average molecular weight is 405 g/mol. The van der Waals surface area contributed by atoms with Gasteiger partial charge in [-0.1, -0.05) is 17.3 Å². The van der Waals surface area contributed by atoms with Gasteiger partial charge in [-0.15, -0.1) is 0 Å². The van der Waals surface area contributed by atoms with Crippen molar-refractivity contribution in [3.05, 3.63) is 59.7 Å². The maximum atomic E-state index is 13.5. The van der Waals surface area contributed by atoms with Crippen LogP contribution >= 0.6 is 0 Å². The molecular formula is C22H23N5O3. The van der Waals surface area contributed by atoms with Gasteiger partial charge in [0.15, 0.2) is 0 Å². The third-order valence-corrected chi connectivity index (χ3v) is 6.05. The van der Waals surface area contributed by atoms with Gasteiger partial charge in [-0.3, -0.25) is 9.59 Å². The highest BCUT2D eigenvalue weighted by Gasteiger charge is 2.36. The fourth-order valence-corrected chi connectivity index (χ4v) is 4.10. The Hall–Kier alpha value is -3.29. The van der Waals surface area contributed by atoms with Gasteiger partial charge in [-0.05, 0) is 44.7 Å². The highest BCUT2D eigenvalue weighted by Crippen LogP contribution is 2.35. The summed E-state index contributed by atoms with van der Waals surface area (Å²) in [5.41, 5.74) is 1.97. The zero-order chi connectivity index (χ0) is 20.7. The third-order valence-electron chi connectivity index (χ3n) is 6.05. The van der Waals surface area contributed by atoms with Crippen molar-refractivity contribution in [2.24, 2.45) is 5.92 Å². The van der Waals surface area contributed by atoms with Gasteiger partial charge < -0.3 is 9.42 Å². The molecule has 0 bridgehead atoms. The lowest BCUT2D eigenvalue weighted by molar-refractivity contribution is 0.0606. The normalized spacial score (nSPS) is 21.6. The lowest BCUT2D eigenvalue weighted by atomic mass is 9.90.